The van der Waals surface area contributed by atoms with Gasteiger partial charge in [0.15, 0.2) is 5.82 Å². The van der Waals surface area contributed by atoms with E-state index in [1.165, 1.54) is 12.4 Å². The number of rotatable bonds is 3. The van der Waals surface area contributed by atoms with E-state index in [0.29, 0.717) is 28.1 Å². The molecule has 3 aromatic heterocycles. The maximum absolute atomic E-state index is 5.85. The Hall–Kier alpha value is -2.38. The topological polar surface area (TPSA) is 90.4 Å². The summed E-state index contributed by atoms with van der Waals surface area (Å²) in [5.41, 5.74) is 3.03. The third-order valence-corrected chi connectivity index (χ3v) is 2.59. The van der Waals surface area contributed by atoms with Crippen molar-refractivity contribution in [2.75, 3.05) is 5.43 Å². The van der Waals surface area contributed by atoms with Gasteiger partial charge in [0.1, 0.15) is 5.75 Å². The van der Waals surface area contributed by atoms with Gasteiger partial charge in [-0.15, -0.1) is 0 Å². The first-order valence-corrected chi connectivity index (χ1v) is 5.73. The van der Waals surface area contributed by atoms with Crippen LogP contribution in [-0.2, 0) is 0 Å². The summed E-state index contributed by atoms with van der Waals surface area (Å²) in [6.07, 6.45) is 8.16. The second-order valence-electron chi connectivity index (χ2n) is 3.67. The van der Waals surface area contributed by atoms with E-state index in [1.807, 2.05) is 0 Å². The first-order chi connectivity index (χ1) is 9.26. The molecule has 0 aliphatic rings. The molecule has 0 bridgehead atoms. The molecule has 3 N–H and O–H groups in total. The molecule has 0 saturated heterocycles. The van der Waals surface area contributed by atoms with Crippen LogP contribution in [0.1, 0.15) is 0 Å². The van der Waals surface area contributed by atoms with E-state index < -0.39 is 0 Å². The van der Waals surface area contributed by atoms with Crippen molar-refractivity contribution in [3.63, 3.8) is 0 Å². The molecule has 0 amide bonds. The fraction of sp³-hybridized carbons (Fsp3) is 0. The molecule has 0 aliphatic carbocycles. The minimum absolute atomic E-state index is 0.310. The van der Waals surface area contributed by atoms with Crippen LogP contribution in [0.15, 0.2) is 37.1 Å². The van der Waals surface area contributed by atoms with Gasteiger partial charge in [0.05, 0.1) is 17.4 Å². The minimum atomic E-state index is 0.310. The van der Waals surface area contributed by atoms with E-state index in [4.69, 9.17) is 22.2 Å². The molecule has 0 unspecified atom stereocenters. The Morgan fingerprint density at radius 1 is 1.37 bits per heavy atom. The number of anilines is 1. The SMILES string of the molecule is NNc1cn2ccnc2c(Oc2cncc(Cl)c2)n1. The maximum Gasteiger partial charge on any atom is 0.265 e. The maximum atomic E-state index is 5.85. The highest BCUT2D eigenvalue weighted by Gasteiger charge is 2.10. The smallest absolute Gasteiger partial charge is 0.265 e. The largest absolute Gasteiger partial charge is 0.434 e. The van der Waals surface area contributed by atoms with Crippen molar-refractivity contribution in [1.29, 1.82) is 0 Å². The number of nitrogens with two attached hydrogens (primary N) is 1. The first kappa shape index (κ1) is 11.7. The monoisotopic (exact) mass is 276 g/mol. The van der Waals surface area contributed by atoms with Crippen LogP contribution in [0.25, 0.3) is 5.65 Å². The molecule has 19 heavy (non-hydrogen) atoms. The van der Waals surface area contributed by atoms with Gasteiger partial charge in [-0.25, -0.2) is 10.8 Å². The molecule has 7 nitrogen and oxygen atoms in total. The summed E-state index contributed by atoms with van der Waals surface area (Å²) in [5.74, 6) is 6.60. The number of imidazole rings is 1. The van der Waals surface area contributed by atoms with Gasteiger partial charge in [-0.2, -0.15) is 4.98 Å². The number of hydrogen-bond acceptors (Lipinski definition) is 6. The number of nitrogens with one attached hydrogen (secondary N) is 1. The van der Waals surface area contributed by atoms with E-state index in [0.717, 1.165) is 0 Å². The fourth-order valence-corrected chi connectivity index (χ4v) is 1.76. The number of pyridine rings is 1. The molecule has 0 fully saturated rings. The molecule has 0 radical (unpaired) electrons. The van der Waals surface area contributed by atoms with E-state index in [2.05, 4.69) is 20.4 Å². The highest BCUT2D eigenvalue weighted by atomic mass is 35.5. The summed E-state index contributed by atoms with van der Waals surface area (Å²) in [6, 6.07) is 1.64. The second-order valence-corrected chi connectivity index (χ2v) is 4.11. The van der Waals surface area contributed by atoms with Crippen LogP contribution in [0.5, 0.6) is 11.6 Å². The number of aromatic nitrogens is 4. The van der Waals surface area contributed by atoms with E-state index in [9.17, 15) is 0 Å². The van der Waals surface area contributed by atoms with Crippen molar-refractivity contribution in [2.24, 2.45) is 5.84 Å². The summed E-state index contributed by atoms with van der Waals surface area (Å²) >= 11 is 5.85. The third-order valence-electron chi connectivity index (χ3n) is 2.39. The van der Waals surface area contributed by atoms with Crippen molar-refractivity contribution in [3.8, 4) is 11.6 Å². The van der Waals surface area contributed by atoms with Crippen molar-refractivity contribution in [2.45, 2.75) is 0 Å². The quantitative estimate of drug-likeness (QED) is 0.560. The number of ether oxygens (including phenoxy) is 1. The lowest BCUT2D eigenvalue weighted by Crippen LogP contribution is -2.10. The van der Waals surface area contributed by atoms with Gasteiger partial charge in [0.25, 0.3) is 5.88 Å². The van der Waals surface area contributed by atoms with Crippen molar-refractivity contribution >= 4 is 23.1 Å². The molecule has 0 spiro atoms. The third kappa shape index (κ3) is 2.28. The predicted molar refractivity (Wildman–Crippen MR) is 70.1 cm³/mol. The van der Waals surface area contributed by atoms with E-state index in [-0.39, 0.29) is 0 Å². The molecule has 0 saturated carbocycles. The van der Waals surface area contributed by atoms with Crippen molar-refractivity contribution in [1.82, 2.24) is 19.4 Å². The number of hydrazine groups is 1. The number of fused-ring (bicyclic) bond motifs is 1. The summed E-state index contributed by atoms with van der Waals surface area (Å²) in [5, 5.41) is 0.477. The molecule has 3 rings (SSSR count). The Balaban J connectivity index is 2.06. The molecule has 0 atom stereocenters. The lowest BCUT2D eigenvalue weighted by molar-refractivity contribution is 0.463. The summed E-state index contributed by atoms with van der Waals surface area (Å²) < 4.78 is 7.38. The Morgan fingerprint density at radius 2 is 2.26 bits per heavy atom. The van der Waals surface area contributed by atoms with Gasteiger partial charge in [-0.05, 0) is 0 Å². The van der Waals surface area contributed by atoms with Crippen molar-refractivity contribution < 1.29 is 4.74 Å². The Labute approximate surface area is 113 Å². The van der Waals surface area contributed by atoms with Crippen LogP contribution in [0, 0.1) is 0 Å². The molecule has 8 heteroatoms. The zero-order valence-electron chi connectivity index (χ0n) is 9.62. The normalized spacial score (nSPS) is 10.6. The van der Waals surface area contributed by atoms with Crippen molar-refractivity contribution in [3.05, 3.63) is 42.1 Å². The molecule has 96 valence electrons. The zero-order chi connectivity index (χ0) is 13.2. The number of halogens is 1. The lowest BCUT2D eigenvalue weighted by atomic mass is 10.4. The highest BCUT2D eigenvalue weighted by molar-refractivity contribution is 6.30. The molecule has 3 aromatic rings. The molecular weight excluding hydrogens is 268 g/mol. The average Bonchev–Trinajstić information content (AvgIpc) is 2.87. The van der Waals surface area contributed by atoms with Crippen LogP contribution in [0.3, 0.4) is 0 Å². The second kappa shape index (κ2) is 4.71. The molecule has 0 aromatic carbocycles. The van der Waals surface area contributed by atoms with E-state index in [1.54, 1.807) is 29.1 Å². The zero-order valence-corrected chi connectivity index (χ0v) is 10.4. The fourth-order valence-electron chi connectivity index (χ4n) is 1.60. The number of nitrogens with zero attached hydrogens (tertiary/aromatic N) is 4. The van der Waals surface area contributed by atoms with Crippen LogP contribution < -0.4 is 16.0 Å². The van der Waals surface area contributed by atoms with Gasteiger partial charge >= 0.3 is 0 Å². The van der Waals surface area contributed by atoms with Gasteiger partial charge in [-0.1, -0.05) is 11.6 Å². The predicted octanol–water partition coefficient (Wildman–Crippen LogP) is 1.86. The summed E-state index contributed by atoms with van der Waals surface area (Å²) in [7, 11) is 0. The average molecular weight is 277 g/mol. The Bertz CT molecular complexity index is 728. The first-order valence-electron chi connectivity index (χ1n) is 5.35. The molecule has 0 aliphatic heterocycles. The molecular formula is C11H9ClN6O. The summed E-state index contributed by atoms with van der Waals surface area (Å²) in [4.78, 5) is 12.3. The Morgan fingerprint density at radius 3 is 3.05 bits per heavy atom. The summed E-state index contributed by atoms with van der Waals surface area (Å²) in [6.45, 7) is 0. The van der Waals surface area contributed by atoms with E-state index >= 15 is 0 Å². The minimum Gasteiger partial charge on any atom is -0.434 e. The van der Waals surface area contributed by atoms with Crippen LogP contribution in [0.4, 0.5) is 5.82 Å². The van der Waals surface area contributed by atoms with Gasteiger partial charge in [0, 0.05) is 24.7 Å². The van der Waals surface area contributed by atoms with Gasteiger partial charge < -0.3 is 10.2 Å². The van der Waals surface area contributed by atoms with Gasteiger partial charge in [-0.3, -0.25) is 9.38 Å². The standard InChI is InChI=1S/C11H9ClN6O/c12-7-3-8(5-14-4-7)19-11-10-15-1-2-18(10)6-9(16-11)17-13/h1-6,17H,13H2. The van der Waals surface area contributed by atoms with Crippen LogP contribution >= 0.6 is 11.6 Å². The Kier molecular flexibility index (Phi) is 2.90. The number of hydrogen-bond donors (Lipinski definition) is 2. The lowest BCUT2D eigenvalue weighted by Gasteiger charge is -2.08. The van der Waals surface area contributed by atoms with Crippen LogP contribution in [0.2, 0.25) is 5.02 Å². The van der Waals surface area contributed by atoms with Crippen LogP contribution in [-0.4, -0.2) is 19.4 Å². The highest BCUT2D eigenvalue weighted by Crippen LogP contribution is 2.25. The molecule has 3 heterocycles. The van der Waals surface area contributed by atoms with Gasteiger partial charge in [0.2, 0.25) is 5.65 Å². The number of nitrogen functional groups attached to an aromatic ring is 1.